The number of aromatic nitrogens is 2. The molecule has 0 bridgehead atoms. The number of nitrogens with zero attached hydrogens (tertiary/aromatic N) is 2. The van der Waals surface area contributed by atoms with Crippen LogP contribution in [0.3, 0.4) is 0 Å². The van der Waals surface area contributed by atoms with E-state index < -0.39 is 5.97 Å². The van der Waals surface area contributed by atoms with Crippen LogP contribution in [0.4, 0.5) is 0 Å². The Kier molecular flexibility index (Phi) is 3.64. The van der Waals surface area contributed by atoms with Gasteiger partial charge in [0.25, 0.3) is 0 Å². The predicted octanol–water partition coefficient (Wildman–Crippen LogP) is 0.854. The summed E-state index contributed by atoms with van der Waals surface area (Å²) in [4.78, 5) is 14.3. The monoisotopic (exact) mass is 198 g/mol. The van der Waals surface area contributed by atoms with E-state index in [0.29, 0.717) is 6.61 Å². The molecule has 1 atom stereocenters. The van der Waals surface area contributed by atoms with Crippen LogP contribution in [-0.4, -0.2) is 33.8 Å². The summed E-state index contributed by atoms with van der Waals surface area (Å²) in [6, 6.07) is 0.108. The van der Waals surface area contributed by atoms with Crippen molar-refractivity contribution in [2.45, 2.75) is 19.9 Å². The Labute approximate surface area is 82.3 Å². The van der Waals surface area contributed by atoms with Crippen molar-refractivity contribution in [3.8, 4) is 0 Å². The van der Waals surface area contributed by atoms with E-state index in [2.05, 4.69) is 4.98 Å². The van der Waals surface area contributed by atoms with Crippen LogP contribution >= 0.6 is 0 Å². The van der Waals surface area contributed by atoms with E-state index in [0.717, 1.165) is 5.82 Å². The molecule has 14 heavy (non-hydrogen) atoms. The van der Waals surface area contributed by atoms with Gasteiger partial charge < -0.3 is 14.4 Å². The molecule has 0 aliphatic rings. The van der Waals surface area contributed by atoms with Crippen molar-refractivity contribution < 1.29 is 14.6 Å². The average molecular weight is 198 g/mol. The molecular formula is C9H14N2O3. The van der Waals surface area contributed by atoms with Gasteiger partial charge in [-0.3, -0.25) is 0 Å². The van der Waals surface area contributed by atoms with Gasteiger partial charge >= 0.3 is 5.97 Å². The molecule has 1 rings (SSSR count). The van der Waals surface area contributed by atoms with Crippen LogP contribution in [-0.2, 0) is 9.53 Å². The molecule has 5 nitrogen and oxygen atoms in total. The minimum Gasteiger partial charge on any atom is -0.480 e. The highest BCUT2D eigenvalue weighted by Gasteiger charge is 2.07. The van der Waals surface area contributed by atoms with Crippen molar-refractivity contribution in [2.24, 2.45) is 0 Å². The minimum absolute atomic E-state index is 0.108. The van der Waals surface area contributed by atoms with Gasteiger partial charge in [-0.05, 0) is 13.8 Å². The van der Waals surface area contributed by atoms with Gasteiger partial charge in [0.2, 0.25) is 0 Å². The van der Waals surface area contributed by atoms with Crippen molar-refractivity contribution >= 4 is 5.97 Å². The number of carboxylic acids is 1. The zero-order chi connectivity index (χ0) is 10.6. The van der Waals surface area contributed by atoms with Crippen LogP contribution in [0.5, 0.6) is 0 Å². The summed E-state index contributed by atoms with van der Waals surface area (Å²) in [6.07, 6.45) is 3.56. The van der Waals surface area contributed by atoms with E-state index >= 15 is 0 Å². The number of aliphatic carboxylic acids is 1. The zero-order valence-corrected chi connectivity index (χ0v) is 8.30. The fraction of sp³-hybridized carbons (Fsp3) is 0.556. The molecule has 0 amide bonds. The Morgan fingerprint density at radius 2 is 2.50 bits per heavy atom. The molecule has 0 aliphatic carbocycles. The first-order chi connectivity index (χ1) is 6.61. The summed E-state index contributed by atoms with van der Waals surface area (Å²) in [5.41, 5.74) is 0. The van der Waals surface area contributed by atoms with E-state index in [1.54, 1.807) is 6.20 Å². The number of aryl methyl sites for hydroxylation is 1. The number of imidazole rings is 1. The molecule has 1 unspecified atom stereocenters. The lowest BCUT2D eigenvalue weighted by Gasteiger charge is -2.14. The highest BCUT2D eigenvalue weighted by molar-refractivity contribution is 5.67. The lowest BCUT2D eigenvalue weighted by atomic mass is 10.3. The predicted molar refractivity (Wildman–Crippen MR) is 50.1 cm³/mol. The third kappa shape index (κ3) is 2.85. The molecule has 1 N–H and O–H groups in total. The summed E-state index contributed by atoms with van der Waals surface area (Å²) in [7, 11) is 0. The Morgan fingerprint density at radius 3 is 3.00 bits per heavy atom. The van der Waals surface area contributed by atoms with Crippen LogP contribution < -0.4 is 0 Å². The van der Waals surface area contributed by atoms with Gasteiger partial charge in [0.05, 0.1) is 12.6 Å². The van der Waals surface area contributed by atoms with Crippen molar-refractivity contribution in [1.29, 1.82) is 0 Å². The van der Waals surface area contributed by atoms with E-state index in [1.165, 1.54) is 0 Å². The largest absolute Gasteiger partial charge is 0.480 e. The Bertz CT molecular complexity index is 309. The minimum atomic E-state index is -0.945. The van der Waals surface area contributed by atoms with Gasteiger partial charge in [-0.25, -0.2) is 9.78 Å². The van der Waals surface area contributed by atoms with E-state index in [9.17, 15) is 4.79 Å². The van der Waals surface area contributed by atoms with Crippen LogP contribution in [0.15, 0.2) is 12.4 Å². The summed E-state index contributed by atoms with van der Waals surface area (Å²) in [5, 5.41) is 8.37. The van der Waals surface area contributed by atoms with Crippen LogP contribution in [0.25, 0.3) is 0 Å². The quantitative estimate of drug-likeness (QED) is 0.761. The Balaban J connectivity index is 2.39. The normalized spacial score (nSPS) is 12.7. The van der Waals surface area contributed by atoms with Crippen molar-refractivity contribution in [2.75, 3.05) is 13.2 Å². The topological polar surface area (TPSA) is 64.4 Å². The Hall–Kier alpha value is -1.36. The smallest absolute Gasteiger partial charge is 0.329 e. The molecule has 1 heterocycles. The maximum absolute atomic E-state index is 10.2. The second kappa shape index (κ2) is 4.76. The molecule has 78 valence electrons. The lowest BCUT2D eigenvalue weighted by Crippen LogP contribution is -2.16. The van der Waals surface area contributed by atoms with E-state index in [-0.39, 0.29) is 12.6 Å². The summed E-state index contributed by atoms with van der Waals surface area (Å²) >= 11 is 0. The molecular weight excluding hydrogens is 184 g/mol. The third-order valence-electron chi connectivity index (χ3n) is 1.92. The van der Waals surface area contributed by atoms with Gasteiger partial charge in [-0.1, -0.05) is 0 Å². The maximum atomic E-state index is 10.2. The number of hydrogen-bond acceptors (Lipinski definition) is 3. The van der Waals surface area contributed by atoms with Crippen molar-refractivity contribution in [3.05, 3.63) is 18.2 Å². The SMILES string of the molecule is Cc1nccn1C(C)COCC(=O)O. The number of carbonyl (C=O) groups is 1. The summed E-state index contributed by atoms with van der Waals surface area (Å²) in [5.74, 6) is -0.0454. The Morgan fingerprint density at radius 1 is 1.79 bits per heavy atom. The standard InChI is InChI=1S/C9H14N2O3/c1-7(5-14-6-9(12)13)11-4-3-10-8(11)2/h3-4,7H,5-6H2,1-2H3,(H,12,13). The van der Waals surface area contributed by atoms with Crippen LogP contribution in [0.2, 0.25) is 0 Å². The van der Waals surface area contributed by atoms with E-state index in [1.807, 2.05) is 24.6 Å². The molecule has 0 spiro atoms. The van der Waals surface area contributed by atoms with Gasteiger partial charge in [0, 0.05) is 12.4 Å². The highest BCUT2D eigenvalue weighted by Crippen LogP contribution is 2.08. The molecule has 5 heteroatoms. The molecule has 0 aliphatic heterocycles. The number of hydrogen-bond donors (Lipinski definition) is 1. The summed E-state index contributed by atoms with van der Waals surface area (Å²) < 4.78 is 6.93. The first kappa shape index (κ1) is 10.7. The number of carboxylic acid groups (broad SMARTS) is 1. The fourth-order valence-corrected chi connectivity index (χ4v) is 1.25. The fourth-order valence-electron chi connectivity index (χ4n) is 1.25. The zero-order valence-electron chi connectivity index (χ0n) is 8.30. The highest BCUT2D eigenvalue weighted by atomic mass is 16.5. The molecule has 1 aromatic rings. The number of ether oxygens (including phenoxy) is 1. The van der Waals surface area contributed by atoms with Crippen molar-refractivity contribution in [3.63, 3.8) is 0 Å². The first-order valence-electron chi connectivity index (χ1n) is 4.40. The molecule has 0 aromatic carbocycles. The average Bonchev–Trinajstić information content (AvgIpc) is 2.50. The van der Waals surface area contributed by atoms with Crippen LogP contribution in [0.1, 0.15) is 18.8 Å². The maximum Gasteiger partial charge on any atom is 0.329 e. The van der Waals surface area contributed by atoms with Gasteiger partial charge in [-0.15, -0.1) is 0 Å². The third-order valence-corrected chi connectivity index (χ3v) is 1.92. The number of rotatable bonds is 5. The van der Waals surface area contributed by atoms with Gasteiger partial charge in [0.15, 0.2) is 0 Å². The molecule has 0 fully saturated rings. The first-order valence-corrected chi connectivity index (χ1v) is 4.40. The molecule has 0 saturated heterocycles. The van der Waals surface area contributed by atoms with Crippen molar-refractivity contribution in [1.82, 2.24) is 9.55 Å². The lowest BCUT2D eigenvalue weighted by molar-refractivity contribution is -0.142. The summed E-state index contributed by atoms with van der Waals surface area (Å²) in [6.45, 7) is 3.98. The molecule has 1 aromatic heterocycles. The van der Waals surface area contributed by atoms with E-state index in [4.69, 9.17) is 9.84 Å². The van der Waals surface area contributed by atoms with Gasteiger partial charge in [0.1, 0.15) is 12.4 Å². The van der Waals surface area contributed by atoms with Crippen LogP contribution in [0, 0.1) is 6.92 Å². The molecule has 0 saturated carbocycles. The second-order valence-electron chi connectivity index (χ2n) is 3.14. The second-order valence-corrected chi connectivity index (χ2v) is 3.14. The molecule has 0 radical (unpaired) electrons. The van der Waals surface area contributed by atoms with Gasteiger partial charge in [-0.2, -0.15) is 0 Å².